The second-order valence-electron chi connectivity index (χ2n) is 6.38. The standard InChI is InChI=1S/C14H19FN2O3S.C2HF3O2/c15-12-1-3-13(4-2-12)21(18,19)17-9-10-20-14(11-17)5-7-16-8-6-14;3-2(4,5)1(6)7/h1-4,16H,5-11H2;(H,6,7). The average Bonchev–Trinajstić information content (AvgIpc) is 2.62. The number of carboxylic acids is 1. The van der Waals surface area contributed by atoms with Gasteiger partial charge < -0.3 is 15.2 Å². The normalized spacial score (nSPS) is 20.3. The second kappa shape index (κ2) is 8.72. The Morgan fingerprint density at radius 2 is 1.71 bits per heavy atom. The molecular formula is C16H20F4N2O5S. The van der Waals surface area contributed by atoms with Gasteiger partial charge in [-0.25, -0.2) is 17.6 Å². The Morgan fingerprint density at radius 3 is 2.21 bits per heavy atom. The summed E-state index contributed by atoms with van der Waals surface area (Å²) in [4.78, 5) is 9.03. The van der Waals surface area contributed by atoms with E-state index < -0.39 is 28.0 Å². The quantitative estimate of drug-likeness (QED) is 0.695. The van der Waals surface area contributed by atoms with E-state index in [1.165, 1.54) is 28.6 Å². The summed E-state index contributed by atoms with van der Waals surface area (Å²) in [5.41, 5.74) is -0.378. The molecule has 7 nitrogen and oxygen atoms in total. The lowest BCUT2D eigenvalue weighted by molar-refractivity contribution is -0.192. The van der Waals surface area contributed by atoms with E-state index in [0.29, 0.717) is 19.7 Å². The van der Waals surface area contributed by atoms with Gasteiger partial charge in [-0.05, 0) is 50.2 Å². The number of aliphatic carboxylic acids is 1. The van der Waals surface area contributed by atoms with Crippen molar-refractivity contribution in [2.75, 3.05) is 32.8 Å². The summed E-state index contributed by atoms with van der Waals surface area (Å²) >= 11 is 0. The third kappa shape index (κ3) is 5.63. The predicted molar refractivity (Wildman–Crippen MR) is 89.6 cm³/mol. The van der Waals surface area contributed by atoms with E-state index in [1.807, 2.05) is 0 Å². The number of piperidine rings is 1. The molecule has 0 radical (unpaired) electrons. The summed E-state index contributed by atoms with van der Waals surface area (Å²) < 4.78 is 77.4. The van der Waals surface area contributed by atoms with Crippen molar-refractivity contribution in [3.05, 3.63) is 30.1 Å². The second-order valence-corrected chi connectivity index (χ2v) is 8.31. The Bertz CT molecular complexity index is 772. The van der Waals surface area contributed by atoms with E-state index in [-0.39, 0.29) is 10.5 Å². The fourth-order valence-electron chi connectivity index (χ4n) is 2.96. The Kier molecular flexibility index (Phi) is 7.02. The highest BCUT2D eigenvalue weighted by atomic mass is 32.2. The smallest absolute Gasteiger partial charge is 0.475 e. The molecule has 0 aromatic heterocycles. The van der Waals surface area contributed by atoms with E-state index >= 15 is 0 Å². The summed E-state index contributed by atoms with van der Waals surface area (Å²) in [7, 11) is -3.59. The van der Waals surface area contributed by atoms with Gasteiger partial charge in [-0.3, -0.25) is 0 Å². The number of benzene rings is 1. The Hall–Kier alpha value is -1.76. The molecule has 0 aliphatic carbocycles. The fourth-order valence-corrected chi connectivity index (χ4v) is 4.45. The van der Waals surface area contributed by atoms with Crippen LogP contribution in [0.1, 0.15) is 12.8 Å². The number of hydrogen-bond donors (Lipinski definition) is 2. The summed E-state index contributed by atoms with van der Waals surface area (Å²) in [6.07, 6.45) is -3.47. The molecule has 0 amide bonds. The van der Waals surface area contributed by atoms with Gasteiger partial charge in [-0.1, -0.05) is 0 Å². The minimum absolute atomic E-state index is 0.134. The molecule has 1 spiro atoms. The van der Waals surface area contributed by atoms with E-state index in [1.54, 1.807) is 0 Å². The average molecular weight is 428 g/mol. The van der Waals surface area contributed by atoms with Crippen LogP contribution in [0.15, 0.2) is 29.2 Å². The number of carboxylic acid groups (broad SMARTS) is 1. The van der Waals surface area contributed by atoms with E-state index in [2.05, 4.69) is 5.32 Å². The summed E-state index contributed by atoms with van der Waals surface area (Å²) in [5, 5.41) is 10.4. The van der Waals surface area contributed by atoms with Crippen LogP contribution in [0.3, 0.4) is 0 Å². The highest BCUT2D eigenvalue weighted by Crippen LogP contribution is 2.30. The third-order valence-corrected chi connectivity index (χ3v) is 6.28. The number of hydrogen-bond acceptors (Lipinski definition) is 5. The summed E-state index contributed by atoms with van der Waals surface area (Å²) in [6.45, 7) is 2.79. The minimum Gasteiger partial charge on any atom is -0.475 e. The van der Waals surface area contributed by atoms with Crippen LogP contribution < -0.4 is 5.32 Å². The van der Waals surface area contributed by atoms with Crippen molar-refractivity contribution in [2.24, 2.45) is 0 Å². The Balaban J connectivity index is 0.000000345. The third-order valence-electron chi connectivity index (χ3n) is 4.42. The van der Waals surface area contributed by atoms with E-state index in [0.717, 1.165) is 25.9 Å². The molecule has 2 N–H and O–H groups in total. The van der Waals surface area contributed by atoms with Crippen molar-refractivity contribution in [3.63, 3.8) is 0 Å². The van der Waals surface area contributed by atoms with Crippen LogP contribution in [-0.2, 0) is 19.6 Å². The lowest BCUT2D eigenvalue weighted by Crippen LogP contribution is -2.57. The Morgan fingerprint density at radius 1 is 1.18 bits per heavy atom. The van der Waals surface area contributed by atoms with Gasteiger partial charge >= 0.3 is 12.1 Å². The van der Waals surface area contributed by atoms with Crippen LogP contribution in [0, 0.1) is 5.82 Å². The van der Waals surface area contributed by atoms with Crippen LogP contribution >= 0.6 is 0 Å². The number of halogens is 4. The zero-order valence-electron chi connectivity index (χ0n) is 14.7. The molecule has 0 unspecified atom stereocenters. The van der Waals surface area contributed by atoms with Crippen molar-refractivity contribution in [3.8, 4) is 0 Å². The van der Waals surface area contributed by atoms with Crippen LogP contribution in [0.4, 0.5) is 17.6 Å². The van der Waals surface area contributed by atoms with Crippen molar-refractivity contribution >= 4 is 16.0 Å². The maximum absolute atomic E-state index is 13.0. The molecular weight excluding hydrogens is 408 g/mol. The number of rotatable bonds is 2. The van der Waals surface area contributed by atoms with Crippen molar-refractivity contribution in [1.29, 1.82) is 0 Å². The van der Waals surface area contributed by atoms with Crippen LogP contribution in [-0.4, -0.2) is 68.4 Å². The number of morpholine rings is 1. The predicted octanol–water partition coefficient (Wildman–Crippen LogP) is 1.60. The zero-order valence-corrected chi connectivity index (χ0v) is 15.5. The molecule has 3 rings (SSSR count). The van der Waals surface area contributed by atoms with Crippen molar-refractivity contribution < 1.29 is 40.6 Å². The van der Waals surface area contributed by atoms with E-state index in [4.69, 9.17) is 14.6 Å². The van der Waals surface area contributed by atoms with Crippen molar-refractivity contribution in [2.45, 2.75) is 29.5 Å². The first-order chi connectivity index (χ1) is 13.0. The molecule has 0 bridgehead atoms. The highest BCUT2D eigenvalue weighted by molar-refractivity contribution is 7.89. The lowest BCUT2D eigenvalue weighted by Gasteiger charge is -2.44. The number of ether oxygens (including phenoxy) is 1. The molecule has 1 aromatic carbocycles. The molecule has 12 heteroatoms. The topological polar surface area (TPSA) is 95.9 Å². The molecule has 2 saturated heterocycles. The lowest BCUT2D eigenvalue weighted by atomic mass is 9.91. The first kappa shape index (κ1) is 22.5. The zero-order chi connectivity index (χ0) is 21.0. The van der Waals surface area contributed by atoms with Crippen LogP contribution in [0.25, 0.3) is 0 Å². The van der Waals surface area contributed by atoms with Gasteiger partial charge in [0.2, 0.25) is 10.0 Å². The van der Waals surface area contributed by atoms with Gasteiger partial charge in [0.1, 0.15) is 5.82 Å². The van der Waals surface area contributed by atoms with Gasteiger partial charge in [-0.15, -0.1) is 0 Å². The molecule has 2 heterocycles. The van der Waals surface area contributed by atoms with Gasteiger partial charge in [0.05, 0.1) is 17.1 Å². The number of nitrogens with one attached hydrogen (secondary N) is 1. The number of alkyl halides is 3. The van der Waals surface area contributed by atoms with Crippen LogP contribution in [0.2, 0.25) is 0 Å². The molecule has 2 aliphatic heterocycles. The van der Waals surface area contributed by atoms with Crippen LogP contribution in [0.5, 0.6) is 0 Å². The molecule has 2 fully saturated rings. The molecule has 28 heavy (non-hydrogen) atoms. The number of sulfonamides is 1. The maximum atomic E-state index is 13.0. The molecule has 0 saturated carbocycles. The van der Waals surface area contributed by atoms with Gasteiger partial charge in [-0.2, -0.15) is 17.5 Å². The molecule has 1 aromatic rings. The molecule has 2 aliphatic rings. The fraction of sp³-hybridized carbons (Fsp3) is 0.562. The molecule has 158 valence electrons. The largest absolute Gasteiger partial charge is 0.490 e. The maximum Gasteiger partial charge on any atom is 0.490 e. The summed E-state index contributed by atoms with van der Waals surface area (Å²) in [5.74, 6) is -3.20. The molecule has 0 atom stereocenters. The first-order valence-electron chi connectivity index (χ1n) is 8.37. The highest BCUT2D eigenvalue weighted by Gasteiger charge is 2.41. The monoisotopic (exact) mass is 428 g/mol. The number of carbonyl (C=O) groups is 1. The minimum atomic E-state index is -5.08. The van der Waals surface area contributed by atoms with Crippen molar-refractivity contribution in [1.82, 2.24) is 9.62 Å². The first-order valence-corrected chi connectivity index (χ1v) is 9.81. The number of nitrogens with zero attached hydrogens (tertiary/aromatic N) is 1. The van der Waals surface area contributed by atoms with E-state index in [9.17, 15) is 26.0 Å². The SMILES string of the molecule is O=C(O)C(F)(F)F.O=S(=O)(c1ccc(F)cc1)N1CCOC2(CCNCC2)C1. The summed E-state index contributed by atoms with van der Waals surface area (Å²) in [6, 6.07) is 4.98. The van der Waals surface area contributed by atoms with Gasteiger partial charge in [0.15, 0.2) is 0 Å². The van der Waals surface area contributed by atoms with Gasteiger partial charge in [0.25, 0.3) is 0 Å². The Labute approximate surface area is 159 Å². The van der Waals surface area contributed by atoms with Gasteiger partial charge in [0, 0.05) is 13.1 Å².